The number of sulfonamides is 1. The second-order valence-corrected chi connectivity index (χ2v) is 11.2. The highest BCUT2D eigenvalue weighted by atomic mass is 79.9. The topological polar surface area (TPSA) is 40.6 Å². The number of benzene rings is 3. The van der Waals surface area contributed by atoms with Gasteiger partial charge in [-0.15, -0.1) is 0 Å². The first-order valence-corrected chi connectivity index (χ1v) is 12.8. The number of nitrogens with zero attached hydrogens (tertiary/aromatic N) is 2. The third-order valence-electron chi connectivity index (χ3n) is 6.46. The highest BCUT2D eigenvalue weighted by molar-refractivity contribution is 9.10. The summed E-state index contributed by atoms with van der Waals surface area (Å²) in [6.45, 7) is 3.71. The molecule has 0 saturated carbocycles. The van der Waals surface area contributed by atoms with Crippen molar-refractivity contribution in [3.63, 3.8) is 0 Å². The maximum atomic E-state index is 13.6. The second kappa shape index (κ2) is 8.51. The molecule has 0 aromatic heterocycles. The summed E-state index contributed by atoms with van der Waals surface area (Å²) in [6.07, 6.45) is 0. The molecule has 1 saturated heterocycles. The zero-order valence-corrected chi connectivity index (χ0v) is 19.6. The quantitative estimate of drug-likeness (QED) is 0.517. The first-order chi connectivity index (χ1) is 15.0. The van der Waals surface area contributed by atoms with Crippen LogP contribution < -0.4 is 0 Å². The zero-order chi connectivity index (χ0) is 21.4. The van der Waals surface area contributed by atoms with E-state index in [0.717, 1.165) is 25.2 Å². The predicted molar refractivity (Wildman–Crippen MR) is 126 cm³/mol. The summed E-state index contributed by atoms with van der Waals surface area (Å²) in [6, 6.07) is 26.0. The predicted octanol–water partition coefficient (Wildman–Crippen LogP) is 4.87. The Balaban J connectivity index is 1.48. The number of hydrogen-bond donors (Lipinski definition) is 0. The Morgan fingerprint density at radius 2 is 1.55 bits per heavy atom. The van der Waals surface area contributed by atoms with Crippen LogP contribution in [0.4, 0.5) is 0 Å². The summed E-state index contributed by atoms with van der Waals surface area (Å²) in [4.78, 5) is 2.81. The van der Waals surface area contributed by atoms with Crippen LogP contribution in [-0.4, -0.2) is 37.3 Å². The van der Waals surface area contributed by atoms with E-state index in [-0.39, 0.29) is 5.92 Å². The lowest BCUT2D eigenvalue weighted by Gasteiger charge is -2.25. The smallest absolute Gasteiger partial charge is 0.244 e. The number of hydrogen-bond acceptors (Lipinski definition) is 3. The Morgan fingerprint density at radius 1 is 0.839 bits per heavy atom. The number of fused-ring (bicyclic) bond motifs is 3. The van der Waals surface area contributed by atoms with Crippen molar-refractivity contribution in [1.82, 2.24) is 9.21 Å². The molecule has 3 aromatic rings. The Morgan fingerprint density at radius 3 is 2.35 bits per heavy atom. The number of likely N-dealkylation sites (tertiary alicyclic amines) is 1. The molecule has 31 heavy (non-hydrogen) atoms. The Kier molecular flexibility index (Phi) is 5.73. The van der Waals surface area contributed by atoms with Gasteiger partial charge in [0.1, 0.15) is 0 Å². The average molecular weight is 497 g/mol. The van der Waals surface area contributed by atoms with Gasteiger partial charge < -0.3 is 0 Å². The van der Waals surface area contributed by atoms with Crippen LogP contribution in [0.5, 0.6) is 0 Å². The fourth-order valence-electron chi connectivity index (χ4n) is 5.00. The van der Waals surface area contributed by atoms with Crippen LogP contribution in [0.2, 0.25) is 0 Å². The Labute approximate surface area is 192 Å². The molecule has 0 aliphatic carbocycles. The molecule has 6 heteroatoms. The third-order valence-corrected chi connectivity index (χ3v) is 9.28. The van der Waals surface area contributed by atoms with Crippen molar-refractivity contribution in [2.75, 3.05) is 19.6 Å². The van der Waals surface area contributed by atoms with E-state index in [1.165, 1.54) is 11.1 Å². The summed E-state index contributed by atoms with van der Waals surface area (Å²) in [5, 5.41) is 0. The molecule has 3 aromatic carbocycles. The van der Waals surface area contributed by atoms with Gasteiger partial charge in [0.05, 0.1) is 4.90 Å². The standard InChI is InChI=1S/C25H25BrN2O2S/c26-24-12-6-7-13-25(24)31(29,30)28-16-20-10-4-5-11-22(20)23-18-27(15-21(23)17-28)14-19-8-2-1-3-9-19/h1-13,21,23H,14-18H2. The van der Waals surface area contributed by atoms with E-state index in [9.17, 15) is 8.42 Å². The van der Waals surface area contributed by atoms with E-state index in [2.05, 4.69) is 63.3 Å². The van der Waals surface area contributed by atoms with Crippen LogP contribution in [-0.2, 0) is 23.1 Å². The maximum absolute atomic E-state index is 13.6. The van der Waals surface area contributed by atoms with Crippen LogP contribution in [0.1, 0.15) is 22.6 Å². The number of rotatable bonds is 4. The molecule has 0 bridgehead atoms. The van der Waals surface area contributed by atoms with Crippen molar-refractivity contribution < 1.29 is 8.42 Å². The minimum absolute atomic E-state index is 0.268. The van der Waals surface area contributed by atoms with Gasteiger partial charge in [-0.2, -0.15) is 4.31 Å². The molecule has 2 aliphatic heterocycles. The lowest BCUT2D eigenvalue weighted by atomic mass is 9.87. The molecular weight excluding hydrogens is 472 g/mol. The molecule has 2 atom stereocenters. The Hall–Kier alpha value is -1.99. The molecule has 4 nitrogen and oxygen atoms in total. The molecule has 2 heterocycles. The molecule has 0 N–H and O–H groups in total. The summed E-state index contributed by atoms with van der Waals surface area (Å²) in [5.41, 5.74) is 3.71. The molecule has 0 radical (unpaired) electrons. The van der Waals surface area contributed by atoms with Gasteiger partial charge in [0.15, 0.2) is 0 Å². The largest absolute Gasteiger partial charge is 0.298 e. The van der Waals surface area contributed by atoms with Gasteiger partial charge in [-0.1, -0.05) is 66.7 Å². The minimum Gasteiger partial charge on any atom is -0.298 e. The third kappa shape index (κ3) is 4.10. The first-order valence-electron chi connectivity index (χ1n) is 10.6. The van der Waals surface area contributed by atoms with Crippen LogP contribution >= 0.6 is 15.9 Å². The normalized spacial score (nSPS) is 22.0. The monoisotopic (exact) mass is 496 g/mol. The molecule has 160 valence electrons. The van der Waals surface area contributed by atoms with Crippen LogP contribution in [0, 0.1) is 5.92 Å². The average Bonchev–Trinajstić information content (AvgIpc) is 3.09. The first kappa shape index (κ1) is 20.9. The van der Waals surface area contributed by atoms with Gasteiger partial charge in [-0.05, 0) is 50.7 Å². The molecular formula is C25H25BrN2O2S. The highest BCUT2D eigenvalue weighted by Gasteiger charge is 2.41. The molecule has 5 rings (SSSR count). The lowest BCUT2D eigenvalue weighted by molar-refractivity contribution is 0.293. The summed E-state index contributed by atoms with van der Waals surface area (Å²) < 4.78 is 29.5. The van der Waals surface area contributed by atoms with Gasteiger partial charge in [-0.3, -0.25) is 4.90 Å². The van der Waals surface area contributed by atoms with Crippen LogP contribution in [0.15, 0.2) is 88.2 Å². The van der Waals surface area contributed by atoms with Crippen molar-refractivity contribution in [1.29, 1.82) is 0 Å². The molecule has 2 unspecified atom stereocenters. The van der Waals surface area contributed by atoms with Crippen molar-refractivity contribution >= 4 is 26.0 Å². The fraction of sp³-hybridized carbons (Fsp3) is 0.280. The van der Waals surface area contributed by atoms with E-state index in [4.69, 9.17) is 0 Å². The zero-order valence-electron chi connectivity index (χ0n) is 17.2. The fourth-order valence-corrected chi connectivity index (χ4v) is 7.44. The lowest BCUT2D eigenvalue weighted by Crippen LogP contribution is -2.35. The van der Waals surface area contributed by atoms with Crippen molar-refractivity contribution in [3.05, 3.63) is 100 Å². The van der Waals surface area contributed by atoms with Gasteiger partial charge in [-0.25, -0.2) is 8.42 Å². The van der Waals surface area contributed by atoms with Gasteiger partial charge >= 0.3 is 0 Å². The highest BCUT2D eigenvalue weighted by Crippen LogP contribution is 2.40. The molecule has 1 fully saturated rings. The maximum Gasteiger partial charge on any atom is 0.244 e. The molecule has 2 aliphatic rings. The second-order valence-electron chi connectivity index (χ2n) is 8.47. The molecule has 0 spiro atoms. The van der Waals surface area contributed by atoms with E-state index >= 15 is 0 Å². The van der Waals surface area contributed by atoms with E-state index in [1.807, 2.05) is 18.2 Å². The van der Waals surface area contributed by atoms with Gasteiger partial charge in [0, 0.05) is 43.1 Å². The summed E-state index contributed by atoms with van der Waals surface area (Å²) in [7, 11) is -3.61. The summed E-state index contributed by atoms with van der Waals surface area (Å²) >= 11 is 3.44. The molecule has 0 amide bonds. The van der Waals surface area contributed by atoms with Gasteiger partial charge in [0.25, 0.3) is 0 Å². The van der Waals surface area contributed by atoms with Crippen LogP contribution in [0.25, 0.3) is 0 Å². The van der Waals surface area contributed by atoms with E-state index in [0.29, 0.717) is 28.4 Å². The van der Waals surface area contributed by atoms with E-state index in [1.54, 1.807) is 22.5 Å². The van der Waals surface area contributed by atoms with Crippen LogP contribution in [0.3, 0.4) is 0 Å². The number of halogens is 1. The minimum atomic E-state index is -3.61. The van der Waals surface area contributed by atoms with Crippen molar-refractivity contribution in [3.8, 4) is 0 Å². The van der Waals surface area contributed by atoms with Crippen molar-refractivity contribution in [2.45, 2.75) is 23.9 Å². The SMILES string of the molecule is O=S(=O)(c1ccccc1Br)N1Cc2ccccc2C2CN(Cc3ccccc3)CC2C1. The van der Waals surface area contributed by atoms with E-state index < -0.39 is 10.0 Å². The summed E-state index contributed by atoms with van der Waals surface area (Å²) in [5.74, 6) is 0.615. The Bertz CT molecular complexity index is 1180. The van der Waals surface area contributed by atoms with Gasteiger partial charge in [0.2, 0.25) is 10.0 Å². The van der Waals surface area contributed by atoms with Crippen molar-refractivity contribution in [2.24, 2.45) is 5.92 Å².